The number of rotatable bonds is 1. The molecule has 4 aromatic rings. The van der Waals surface area contributed by atoms with E-state index < -0.39 is 0 Å². The second-order valence-corrected chi connectivity index (χ2v) is 7.85. The number of aryl methyl sites for hydroxylation is 1. The first-order chi connectivity index (χ1) is 12.6. The fourth-order valence-electron chi connectivity index (χ4n) is 3.55. The maximum Gasteiger partial charge on any atom is 0.258 e. The molecular formula is C18H12Br2FN5. The molecule has 0 bridgehead atoms. The lowest BCUT2D eigenvalue weighted by molar-refractivity contribution is 0.629. The van der Waals surface area contributed by atoms with E-state index in [0.717, 1.165) is 40.4 Å². The molecule has 0 atom stereocenters. The van der Waals surface area contributed by atoms with Gasteiger partial charge in [-0.3, -0.25) is 4.40 Å². The van der Waals surface area contributed by atoms with Crippen LogP contribution in [0.15, 0.2) is 45.6 Å². The van der Waals surface area contributed by atoms with Gasteiger partial charge in [-0.05, 0) is 64.7 Å². The highest BCUT2D eigenvalue weighted by Gasteiger charge is 2.23. The lowest BCUT2D eigenvalue weighted by Gasteiger charge is -2.31. The third-order valence-electron chi connectivity index (χ3n) is 4.67. The monoisotopic (exact) mass is 475 g/mol. The first-order valence-corrected chi connectivity index (χ1v) is 9.76. The Morgan fingerprint density at radius 2 is 1.92 bits per heavy atom. The highest BCUT2D eigenvalue weighted by Crippen LogP contribution is 2.38. The number of hydrogen-bond donors (Lipinski definition) is 0. The van der Waals surface area contributed by atoms with Crippen LogP contribution in [-0.4, -0.2) is 26.1 Å². The van der Waals surface area contributed by atoms with Crippen LogP contribution in [0.4, 0.5) is 15.9 Å². The maximum absolute atomic E-state index is 14.1. The third kappa shape index (κ3) is 2.43. The predicted octanol–water partition coefficient (Wildman–Crippen LogP) is 5.03. The molecule has 2 aromatic carbocycles. The molecular weight excluding hydrogens is 465 g/mol. The number of nitrogens with zero attached hydrogens (tertiary/aromatic N) is 5. The molecule has 0 radical (unpaired) electrons. The van der Waals surface area contributed by atoms with Gasteiger partial charge in [-0.1, -0.05) is 22.0 Å². The van der Waals surface area contributed by atoms with Gasteiger partial charge >= 0.3 is 0 Å². The third-order valence-corrected chi connectivity index (χ3v) is 5.68. The summed E-state index contributed by atoms with van der Waals surface area (Å²) in [6.45, 7) is 0.813. The van der Waals surface area contributed by atoms with Gasteiger partial charge in [0.25, 0.3) is 5.78 Å². The highest BCUT2D eigenvalue weighted by atomic mass is 79.9. The molecule has 0 saturated carbocycles. The summed E-state index contributed by atoms with van der Waals surface area (Å²) in [6, 6.07) is 11.0. The Morgan fingerprint density at radius 1 is 1.04 bits per heavy atom. The van der Waals surface area contributed by atoms with Crippen molar-refractivity contribution in [3.63, 3.8) is 0 Å². The van der Waals surface area contributed by atoms with Crippen molar-refractivity contribution in [3.05, 3.63) is 57.0 Å². The Balaban J connectivity index is 1.85. The molecule has 0 spiro atoms. The van der Waals surface area contributed by atoms with Crippen LogP contribution in [-0.2, 0) is 6.42 Å². The standard InChI is InChI=1S/C18H12Br2FN5/c19-11-4-3-10-2-1-7-25(15(10)8-11)16-13-9-12(21)5-6-14(13)26-17(20)23-24-18(26)22-16/h3-6,8-9H,1-2,7H2. The minimum atomic E-state index is -0.296. The molecule has 5 rings (SSSR count). The van der Waals surface area contributed by atoms with Gasteiger partial charge in [0, 0.05) is 22.1 Å². The lowest BCUT2D eigenvalue weighted by Crippen LogP contribution is -2.26. The summed E-state index contributed by atoms with van der Waals surface area (Å²) < 4.78 is 17.4. The zero-order valence-corrected chi connectivity index (χ0v) is 16.6. The van der Waals surface area contributed by atoms with Crippen molar-refractivity contribution in [1.29, 1.82) is 0 Å². The highest BCUT2D eigenvalue weighted by molar-refractivity contribution is 9.10. The molecule has 0 N–H and O–H groups in total. The van der Waals surface area contributed by atoms with Gasteiger partial charge in [-0.2, -0.15) is 4.98 Å². The van der Waals surface area contributed by atoms with E-state index in [0.29, 0.717) is 16.3 Å². The fraction of sp³-hybridized carbons (Fsp3) is 0.167. The summed E-state index contributed by atoms with van der Waals surface area (Å²) in [5.41, 5.74) is 3.16. The first kappa shape index (κ1) is 16.1. The smallest absolute Gasteiger partial charge is 0.258 e. The van der Waals surface area contributed by atoms with Crippen molar-refractivity contribution in [2.75, 3.05) is 11.4 Å². The van der Waals surface area contributed by atoms with Crippen molar-refractivity contribution in [3.8, 4) is 0 Å². The van der Waals surface area contributed by atoms with Crippen LogP contribution >= 0.6 is 31.9 Å². The molecule has 0 fully saturated rings. The number of anilines is 2. The molecule has 0 amide bonds. The quantitative estimate of drug-likeness (QED) is 0.386. The van der Waals surface area contributed by atoms with E-state index in [1.54, 1.807) is 10.5 Å². The molecule has 130 valence electrons. The fourth-order valence-corrected chi connectivity index (χ4v) is 4.33. The van der Waals surface area contributed by atoms with Crippen LogP contribution in [0.5, 0.6) is 0 Å². The lowest BCUT2D eigenvalue weighted by atomic mass is 10.0. The van der Waals surface area contributed by atoms with Crippen LogP contribution in [0.2, 0.25) is 0 Å². The van der Waals surface area contributed by atoms with E-state index in [2.05, 4.69) is 59.1 Å². The zero-order chi connectivity index (χ0) is 17.8. The Hall–Kier alpha value is -2.06. The summed E-state index contributed by atoms with van der Waals surface area (Å²) >= 11 is 6.95. The molecule has 1 aliphatic rings. The normalized spacial score (nSPS) is 14.2. The molecule has 3 heterocycles. The largest absolute Gasteiger partial charge is 0.325 e. The second-order valence-electron chi connectivity index (χ2n) is 6.23. The van der Waals surface area contributed by atoms with Crippen LogP contribution in [0.25, 0.3) is 16.7 Å². The van der Waals surface area contributed by atoms with Gasteiger partial charge < -0.3 is 4.90 Å². The molecule has 0 unspecified atom stereocenters. The molecule has 26 heavy (non-hydrogen) atoms. The van der Waals surface area contributed by atoms with E-state index >= 15 is 0 Å². The molecule has 0 aliphatic carbocycles. The summed E-state index contributed by atoms with van der Waals surface area (Å²) in [5.74, 6) is 0.884. The summed E-state index contributed by atoms with van der Waals surface area (Å²) in [4.78, 5) is 6.87. The average molecular weight is 477 g/mol. The topological polar surface area (TPSA) is 46.3 Å². The summed E-state index contributed by atoms with van der Waals surface area (Å²) in [7, 11) is 0. The first-order valence-electron chi connectivity index (χ1n) is 8.18. The van der Waals surface area contributed by atoms with Crippen molar-refractivity contribution >= 4 is 60.0 Å². The molecule has 2 aromatic heterocycles. The van der Waals surface area contributed by atoms with E-state index in [1.807, 2.05) is 6.07 Å². The Bertz CT molecular complexity index is 1170. The van der Waals surface area contributed by atoms with E-state index in [-0.39, 0.29) is 5.82 Å². The zero-order valence-electron chi connectivity index (χ0n) is 13.5. The number of fused-ring (bicyclic) bond motifs is 4. The molecule has 5 nitrogen and oxygen atoms in total. The molecule has 8 heteroatoms. The number of benzene rings is 2. The minimum Gasteiger partial charge on any atom is -0.325 e. The Kier molecular flexibility index (Phi) is 3.72. The number of aromatic nitrogens is 4. The van der Waals surface area contributed by atoms with E-state index in [4.69, 9.17) is 4.98 Å². The van der Waals surface area contributed by atoms with Crippen LogP contribution in [0.1, 0.15) is 12.0 Å². The van der Waals surface area contributed by atoms with E-state index in [9.17, 15) is 4.39 Å². The van der Waals surface area contributed by atoms with Gasteiger partial charge in [0.1, 0.15) is 11.6 Å². The van der Waals surface area contributed by atoms with Crippen molar-refractivity contribution in [2.45, 2.75) is 12.8 Å². The van der Waals surface area contributed by atoms with Crippen LogP contribution < -0.4 is 4.90 Å². The second kappa shape index (κ2) is 5.99. The van der Waals surface area contributed by atoms with Gasteiger partial charge in [-0.25, -0.2) is 4.39 Å². The maximum atomic E-state index is 14.1. The Labute approximate surface area is 165 Å². The van der Waals surface area contributed by atoms with Crippen molar-refractivity contribution in [1.82, 2.24) is 19.6 Å². The summed E-state index contributed by atoms with van der Waals surface area (Å²) in [5, 5.41) is 8.93. The van der Waals surface area contributed by atoms with Gasteiger partial charge in [0.05, 0.1) is 5.52 Å². The van der Waals surface area contributed by atoms with Crippen molar-refractivity contribution in [2.24, 2.45) is 0 Å². The summed E-state index contributed by atoms with van der Waals surface area (Å²) in [6.07, 6.45) is 2.03. The number of halogens is 3. The predicted molar refractivity (Wildman–Crippen MR) is 105 cm³/mol. The molecule has 0 saturated heterocycles. The SMILES string of the molecule is Fc1ccc2c(c1)c(N1CCCc3ccc(Br)cc31)nc1nnc(Br)n12. The Morgan fingerprint density at radius 3 is 2.81 bits per heavy atom. The van der Waals surface area contributed by atoms with Gasteiger partial charge in [0.15, 0.2) is 0 Å². The van der Waals surface area contributed by atoms with Gasteiger partial charge in [0.2, 0.25) is 4.73 Å². The van der Waals surface area contributed by atoms with Crippen LogP contribution in [0.3, 0.4) is 0 Å². The van der Waals surface area contributed by atoms with Crippen molar-refractivity contribution < 1.29 is 4.39 Å². The average Bonchev–Trinajstić information content (AvgIpc) is 3.01. The van der Waals surface area contributed by atoms with E-state index in [1.165, 1.54) is 17.7 Å². The number of hydrogen-bond acceptors (Lipinski definition) is 4. The molecule has 1 aliphatic heterocycles. The minimum absolute atomic E-state index is 0.296. The van der Waals surface area contributed by atoms with Crippen LogP contribution in [0, 0.1) is 5.82 Å². The van der Waals surface area contributed by atoms with Gasteiger partial charge in [-0.15, -0.1) is 10.2 Å².